The number of piperazine rings is 1. The van der Waals surface area contributed by atoms with Gasteiger partial charge in [0.05, 0.1) is 63.0 Å². The molecule has 6 rings (SSSR count). The van der Waals surface area contributed by atoms with Gasteiger partial charge in [-0.3, -0.25) is 72.6 Å². The number of unbranched alkanes of at least 4 members (excludes halogenated alkanes) is 3. The summed E-state index contributed by atoms with van der Waals surface area (Å²) in [6.45, 7) is 5.72. The molecule has 3 saturated heterocycles. The highest BCUT2D eigenvalue weighted by Gasteiger charge is 2.47. The highest BCUT2D eigenvalue weighted by Crippen LogP contribution is 2.32. The summed E-state index contributed by atoms with van der Waals surface area (Å²) >= 11 is 1.39. The fourth-order valence-electron chi connectivity index (χ4n) is 11.1. The number of alkyl halides is 2. The van der Waals surface area contributed by atoms with Crippen molar-refractivity contribution in [2.45, 2.75) is 89.1 Å². The first-order valence-electron chi connectivity index (χ1n) is 31.5. The molecule has 29 heteroatoms. The van der Waals surface area contributed by atoms with E-state index in [1.54, 1.807) is 43.9 Å². The van der Waals surface area contributed by atoms with Crippen molar-refractivity contribution < 1.29 is 72.0 Å². The van der Waals surface area contributed by atoms with E-state index in [2.05, 4.69) is 43.3 Å². The van der Waals surface area contributed by atoms with Crippen LogP contribution in [0.2, 0.25) is 0 Å². The number of hydrogen-bond acceptors (Lipinski definition) is 18. The summed E-state index contributed by atoms with van der Waals surface area (Å²) in [6.07, 6.45) is 6.33. The Morgan fingerprint density at radius 3 is 1.92 bits per heavy atom. The van der Waals surface area contributed by atoms with Crippen LogP contribution in [-0.4, -0.2) is 282 Å². The smallest absolute Gasteiger partial charge is 0.317 e. The quantitative estimate of drug-likeness (QED) is 0.0420. The Hall–Kier alpha value is -7.62. The predicted molar refractivity (Wildman–Crippen MR) is 339 cm³/mol. The second-order valence-electron chi connectivity index (χ2n) is 23.5. The molecule has 1 unspecified atom stereocenters. The number of ether oxygens (including phenoxy) is 1. The third-order valence-electron chi connectivity index (χ3n) is 16.2. The van der Waals surface area contributed by atoms with E-state index in [0.717, 1.165) is 49.4 Å². The van der Waals surface area contributed by atoms with E-state index < -0.39 is 79.1 Å². The van der Waals surface area contributed by atoms with Crippen LogP contribution in [0.15, 0.2) is 54.7 Å². The summed E-state index contributed by atoms with van der Waals surface area (Å²) in [6, 6.07) is 14.3. The normalized spacial score (nSPS) is 17.6. The number of rotatable bonds is 34. The first kappa shape index (κ1) is 73.4. The number of nitrogens with one attached hydrogen (secondary N) is 4. The molecule has 2 atom stereocenters. The topological polar surface area (TPSA) is 331 Å². The molecule has 1 aromatic heterocycles. The number of benzene rings is 2. The highest BCUT2D eigenvalue weighted by atomic mass is 32.2. The Kier molecular flexibility index (Phi) is 30.7. The summed E-state index contributed by atoms with van der Waals surface area (Å²) in [5.41, 5.74) is 3.05. The Morgan fingerprint density at radius 1 is 0.685 bits per heavy atom. The zero-order valence-electron chi connectivity index (χ0n) is 52.5. The number of amides is 6. The van der Waals surface area contributed by atoms with Gasteiger partial charge < -0.3 is 51.1 Å². The van der Waals surface area contributed by atoms with E-state index >= 15 is 0 Å². The number of carboxylic acid groups (broad SMARTS) is 3. The summed E-state index contributed by atoms with van der Waals surface area (Å²) in [4.78, 5) is 131. The first-order chi connectivity index (χ1) is 44.1. The van der Waals surface area contributed by atoms with Crippen molar-refractivity contribution in [1.82, 2.24) is 60.6 Å². The van der Waals surface area contributed by atoms with Crippen molar-refractivity contribution in [3.05, 3.63) is 71.4 Å². The molecule has 26 nitrogen and oxygen atoms in total. The maximum Gasteiger partial charge on any atom is 0.317 e. The monoisotopic (exact) mass is 1310 g/mol. The highest BCUT2D eigenvalue weighted by molar-refractivity contribution is 7.99. The van der Waals surface area contributed by atoms with Gasteiger partial charge in [0.1, 0.15) is 17.8 Å². The number of likely N-dealkylation sites (tertiary alicyclic amines) is 1. The molecule has 0 spiro atoms. The number of thioether (sulfide) groups is 1. The Labute approximate surface area is 539 Å². The van der Waals surface area contributed by atoms with E-state index in [-0.39, 0.29) is 102 Å². The van der Waals surface area contributed by atoms with Gasteiger partial charge in [0.2, 0.25) is 29.5 Å². The zero-order valence-corrected chi connectivity index (χ0v) is 53.3. The number of carboxylic acids is 3. The molecular weight excluding hydrogens is 1220 g/mol. The third-order valence-corrected chi connectivity index (χ3v) is 17.3. The van der Waals surface area contributed by atoms with Crippen LogP contribution in [0.5, 0.6) is 5.75 Å². The van der Waals surface area contributed by atoms with Crippen LogP contribution in [0, 0.1) is 18.3 Å². The molecule has 6 amide bonds. The summed E-state index contributed by atoms with van der Waals surface area (Å²) in [7, 11) is 0. The number of halogens is 2. The van der Waals surface area contributed by atoms with Crippen LogP contribution in [0.4, 0.5) is 8.78 Å². The van der Waals surface area contributed by atoms with Gasteiger partial charge in [0.15, 0.2) is 0 Å². The van der Waals surface area contributed by atoms with Gasteiger partial charge in [-0.05, 0) is 81.8 Å². The predicted octanol–water partition coefficient (Wildman–Crippen LogP) is 1.85. The van der Waals surface area contributed by atoms with Gasteiger partial charge >= 0.3 is 17.9 Å². The molecular formula is C63H89F2N13O13S. The Bertz CT molecular complexity index is 2960. The molecule has 0 saturated carbocycles. The second kappa shape index (κ2) is 38.4. The lowest BCUT2D eigenvalue weighted by Gasteiger charge is -2.34. The molecule has 504 valence electrons. The zero-order chi connectivity index (χ0) is 66.4. The lowest BCUT2D eigenvalue weighted by atomic mass is 10.1. The van der Waals surface area contributed by atoms with Gasteiger partial charge in [-0.2, -0.15) is 17.0 Å². The third kappa shape index (κ3) is 26.5. The van der Waals surface area contributed by atoms with Crippen molar-refractivity contribution >= 4 is 76.0 Å². The fourth-order valence-corrected chi connectivity index (χ4v) is 11.9. The average Bonchev–Trinajstić information content (AvgIpc) is 1.26. The van der Waals surface area contributed by atoms with E-state index in [1.807, 2.05) is 24.0 Å². The number of nitriles is 1. The number of pyridine rings is 1. The SMILES string of the molecule is Cc1ccc(CCCC(=O)NCCSCC(NC(=O)CN2CCN(CC(=O)O)CCN(CC(=O)O)CCN(CC(=O)O)CC2)C(=O)NCCCCCC(=O)N2CCN(CCCCOc3ccc4nccc(C(=O)NCC(=O)N5CC(F)(F)C[C@@H]5C#N)c4c3)CC2)cc1. The number of hydrogen-bond donors (Lipinski definition) is 7. The molecule has 92 heavy (non-hydrogen) atoms. The molecule has 7 N–H and O–H groups in total. The number of nitrogens with zero attached hydrogens (tertiary/aromatic N) is 9. The number of carbonyl (C=O) groups is 9. The van der Waals surface area contributed by atoms with Gasteiger partial charge in [0.25, 0.3) is 11.8 Å². The minimum atomic E-state index is -3.17. The summed E-state index contributed by atoms with van der Waals surface area (Å²) in [5, 5.41) is 49.8. The summed E-state index contributed by atoms with van der Waals surface area (Å²) in [5.74, 6) is -7.50. The Morgan fingerprint density at radius 2 is 1.30 bits per heavy atom. The van der Waals surface area contributed by atoms with Gasteiger partial charge in [-0.15, -0.1) is 0 Å². The van der Waals surface area contributed by atoms with Crippen molar-refractivity contribution in [2.24, 2.45) is 0 Å². The molecule has 0 bridgehead atoms. The van der Waals surface area contributed by atoms with Crippen molar-refractivity contribution in [3.8, 4) is 11.8 Å². The van der Waals surface area contributed by atoms with Crippen LogP contribution < -0.4 is 26.0 Å². The molecule has 0 radical (unpaired) electrons. The molecule has 4 heterocycles. The molecule has 3 fully saturated rings. The lowest BCUT2D eigenvalue weighted by Crippen LogP contribution is -2.53. The molecule has 0 aliphatic carbocycles. The van der Waals surface area contributed by atoms with Gasteiger partial charge in [-0.25, -0.2) is 8.78 Å². The van der Waals surface area contributed by atoms with Crippen LogP contribution >= 0.6 is 11.8 Å². The molecule has 3 aliphatic heterocycles. The first-order valence-corrected chi connectivity index (χ1v) is 32.7. The van der Waals surface area contributed by atoms with E-state index in [0.29, 0.717) is 93.7 Å². The van der Waals surface area contributed by atoms with E-state index in [9.17, 15) is 72.5 Å². The standard InChI is InChI=1S/C63H89F2N13O13S/c1-46-11-13-47(14-12-46)8-7-9-54(79)68-20-35-92-44-53(71-55(80)40-73-22-24-74(41-58(83)84)26-28-76(43-60(87)88)29-27-75(25-23-73)42-59(85)86)62(90)69-18-4-2-3-10-56(81)77-32-30-72(31-33-77)21-5-6-34-91-49-15-16-52-51(36-49)50(17-19-67-52)61(89)70-39-57(82)78-45-63(64,65)37-48(78)38-66/h11-17,19,36,48,53H,2-10,18,20-35,37,39-45H2,1H3,(H,68,79)(H,69,90)(H,70,89)(H,71,80)(H,83,84)(H,85,86)(H,87,88)/t48-,53?/m1/s1. The van der Waals surface area contributed by atoms with Crippen molar-refractivity contribution in [2.75, 3.05) is 156 Å². The van der Waals surface area contributed by atoms with E-state index in [4.69, 9.17) is 4.74 Å². The van der Waals surface area contributed by atoms with Crippen molar-refractivity contribution in [3.63, 3.8) is 0 Å². The Balaban J connectivity index is 0.908. The van der Waals surface area contributed by atoms with E-state index in [1.165, 1.54) is 29.6 Å². The fraction of sp³-hybridized carbons (Fsp3) is 0.603. The minimum absolute atomic E-state index is 0.0621. The van der Waals surface area contributed by atoms with Crippen LogP contribution in [0.25, 0.3) is 10.9 Å². The van der Waals surface area contributed by atoms with Gasteiger partial charge in [0, 0.05) is 134 Å². The molecule has 2 aromatic carbocycles. The largest absolute Gasteiger partial charge is 0.494 e. The second-order valence-corrected chi connectivity index (χ2v) is 24.6. The van der Waals surface area contributed by atoms with Crippen LogP contribution in [0.3, 0.4) is 0 Å². The number of aromatic nitrogens is 1. The maximum atomic E-state index is 13.9. The van der Waals surface area contributed by atoms with Crippen LogP contribution in [-0.2, 0) is 44.8 Å². The number of aliphatic carboxylic acids is 3. The summed E-state index contributed by atoms with van der Waals surface area (Å²) < 4.78 is 33.8. The molecule has 3 aromatic rings. The van der Waals surface area contributed by atoms with Crippen molar-refractivity contribution in [1.29, 1.82) is 5.26 Å². The number of fused-ring (bicyclic) bond motifs is 1. The average molecular weight is 1310 g/mol. The number of aryl methyl sites for hydroxylation is 2. The lowest BCUT2D eigenvalue weighted by molar-refractivity contribution is -0.140. The van der Waals surface area contributed by atoms with Gasteiger partial charge in [-0.1, -0.05) is 36.2 Å². The number of carbonyl (C=O) groups excluding carboxylic acids is 6. The van der Waals surface area contributed by atoms with Crippen LogP contribution in [0.1, 0.15) is 79.3 Å². The molecule has 3 aliphatic rings. The minimum Gasteiger partial charge on any atom is -0.494 e. The maximum absolute atomic E-state index is 13.9.